The molecule has 1 saturated heterocycles. The van der Waals surface area contributed by atoms with Crippen molar-refractivity contribution in [3.63, 3.8) is 0 Å². The molecule has 0 aromatic rings. The Hall–Kier alpha value is -1.10. The molecule has 5 heteroatoms. The Morgan fingerprint density at radius 1 is 1.14 bits per heavy atom. The Labute approximate surface area is 129 Å². The van der Waals surface area contributed by atoms with E-state index in [9.17, 15) is 9.59 Å². The van der Waals surface area contributed by atoms with Crippen LogP contribution in [0.2, 0.25) is 0 Å². The van der Waals surface area contributed by atoms with E-state index in [1.54, 1.807) is 6.92 Å². The number of amides is 2. The molecule has 21 heavy (non-hydrogen) atoms. The van der Waals surface area contributed by atoms with Gasteiger partial charge in [-0.15, -0.1) is 0 Å². The topological polar surface area (TPSA) is 52.7 Å². The Kier molecular flexibility index (Phi) is 7.15. The number of rotatable bonds is 6. The maximum atomic E-state index is 12.2. The molecule has 0 saturated carbocycles. The summed E-state index contributed by atoms with van der Waals surface area (Å²) in [6.45, 7) is 13.3. The number of hydrogen-bond donors (Lipinski definition) is 1. The Balaban J connectivity index is 2.30. The van der Waals surface area contributed by atoms with Crippen LogP contribution in [-0.2, 0) is 9.59 Å². The first-order valence-electron chi connectivity index (χ1n) is 8.12. The van der Waals surface area contributed by atoms with Crippen LogP contribution in [0.15, 0.2) is 0 Å². The number of likely N-dealkylation sites (tertiary alicyclic amines) is 1. The first-order chi connectivity index (χ1) is 9.82. The van der Waals surface area contributed by atoms with E-state index in [4.69, 9.17) is 0 Å². The van der Waals surface area contributed by atoms with Crippen LogP contribution in [0, 0.1) is 5.92 Å². The van der Waals surface area contributed by atoms with E-state index < -0.39 is 0 Å². The van der Waals surface area contributed by atoms with Crippen LogP contribution in [0.5, 0.6) is 0 Å². The molecule has 5 nitrogen and oxygen atoms in total. The highest BCUT2D eigenvalue weighted by Crippen LogP contribution is 2.17. The molecule has 0 spiro atoms. The van der Waals surface area contributed by atoms with Gasteiger partial charge in [-0.1, -0.05) is 0 Å². The summed E-state index contributed by atoms with van der Waals surface area (Å²) >= 11 is 0. The van der Waals surface area contributed by atoms with Crippen molar-refractivity contribution in [3.05, 3.63) is 0 Å². The SMILES string of the molecule is CC(=O)N1CCC(C(=O)NCCN(C(C)C)C(C)C)CC1. The van der Waals surface area contributed by atoms with Gasteiger partial charge in [0.1, 0.15) is 0 Å². The molecule has 1 heterocycles. The van der Waals surface area contributed by atoms with Crippen LogP contribution in [0.3, 0.4) is 0 Å². The minimum atomic E-state index is 0.0622. The fourth-order valence-electron chi connectivity index (χ4n) is 3.02. The first kappa shape index (κ1) is 18.0. The van der Waals surface area contributed by atoms with E-state index in [1.807, 2.05) is 4.90 Å². The molecule has 0 unspecified atom stereocenters. The highest BCUT2D eigenvalue weighted by molar-refractivity contribution is 5.79. The van der Waals surface area contributed by atoms with E-state index in [1.165, 1.54) is 0 Å². The summed E-state index contributed by atoms with van der Waals surface area (Å²) in [4.78, 5) is 27.6. The third kappa shape index (κ3) is 5.65. The molecular formula is C16H31N3O2. The molecular weight excluding hydrogens is 266 g/mol. The predicted molar refractivity (Wildman–Crippen MR) is 85.0 cm³/mol. The molecule has 0 aromatic heterocycles. The first-order valence-corrected chi connectivity index (χ1v) is 8.12. The molecule has 0 bridgehead atoms. The predicted octanol–water partition coefficient (Wildman–Crippen LogP) is 1.48. The normalized spacial score (nSPS) is 16.9. The molecule has 1 rings (SSSR count). The number of hydrogen-bond acceptors (Lipinski definition) is 3. The fourth-order valence-corrected chi connectivity index (χ4v) is 3.02. The molecule has 1 fully saturated rings. The molecule has 0 aromatic carbocycles. The second-order valence-electron chi connectivity index (χ2n) is 6.50. The lowest BCUT2D eigenvalue weighted by Crippen LogP contribution is -2.45. The van der Waals surface area contributed by atoms with Crippen LogP contribution in [0.4, 0.5) is 0 Å². The Morgan fingerprint density at radius 3 is 2.10 bits per heavy atom. The van der Waals surface area contributed by atoms with Crippen molar-refractivity contribution in [2.75, 3.05) is 26.2 Å². The standard InChI is InChI=1S/C16H31N3O2/c1-12(2)19(13(3)4)11-8-17-16(21)15-6-9-18(10-7-15)14(5)20/h12-13,15H,6-11H2,1-5H3,(H,17,21). The van der Waals surface area contributed by atoms with Gasteiger partial charge in [-0.3, -0.25) is 14.5 Å². The van der Waals surface area contributed by atoms with Crippen molar-refractivity contribution in [2.24, 2.45) is 5.92 Å². The summed E-state index contributed by atoms with van der Waals surface area (Å²) in [5.74, 6) is 0.316. The maximum absolute atomic E-state index is 12.2. The molecule has 122 valence electrons. The third-order valence-corrected chi connectivity index (χ3v) is 4.31. The van der Waals surface area contributed by atoms with Crippen molar-refractivity contribution < 1.29 is 9.59 Å². The molecule has 2 amide bonds. The zero-order valence-electron chi connectivity index (χ0n) is 14.2. The molecule has 0 aliphatic carbocycles. The lowest BCUT2D eigenvalue weighted by Gasteiger charge is -2.32. The summed E-state index contributed by atoms with van der Waals surface area (Å²) in [7, 11) is 0. The molecule has 0 atom stereocenters. The molecule has 1 aliphatic rings. The highest BCUT2D eigenvalue weighted by atomic mass is 16.2. The lowest BCUT2D eigenvalue weighted by atomic mass is 9.96. The van der Waals surface area contributed by atoms with Crippen LogP contribution < -0.4 is 5.32 Å². The summed E-state index contributed by atoms with van der Waals surface area (Å²) in [5.41, 5.74) is 0. The fraction of sp³-hybridized carbons (Fsp3) is 0.875. The monoisotopic (exact) mass is 297 g/mol. The quantitative estimate of drug-likeness (QED) is 0.808. The van der Waals surface area contributed by atoms with Crippen molar-refractivity contribution in [3.8, 4) is 0 Å². The zero-order valence-corrected chi connectivity index (χ0v) is 14.2. The minimum absolute atomic E-state index is 0.0622. The van der Waals surface area contributed by atoms with Crippen LogP contribution in [0.1, 0.15) is 47.5 Å². The number of nitrogens with one attached hydrogen (secondary N) is 1. The van der Waals surface area contributed by atoms with Gasteiger partial charge in [0.2, 0.25) is 11.8 Å². The minimum Gasteiger partial charge on any atom is -0.355 e. The van der Waals surface area contributed by atoms with Gasteiger partial charge < -0.3 is 10.2 Å². The van der Waals surface area contributed by atoms with E-state index in [0.717, 1.165) is 19.4 Å². The van der Waals surface area contributed by atoms with Gasteiger partial charge in [0, 0.05) is 51.1 Å². The number of piperidine rings is 1. The van der Waals surface area contributed by atoms with Crippen LogP contribution in [0.25, 0.3) is 0 Å². The van der Waals surface area contributed by atoms with Crippen molar-refractivity contribution in [1.29, 1.82) is 0 Å². The number of carbonyl (C=O) groups excluding carboxylic acids is 2. The van der Waals surface area contributed by atoms with Crippen molar-refractivity contribution in [1.82, 2.24) is 15.1 Å². The van der Waals surface area contributed by atoms with Gasteiger partial charge in [0.25, 0.3) is 0 Å². The summed E-state index contributed by atoms with van der Waals surface area (Å²) in [5, 5.41) is 3.05. The smallest absolute Gasteiger partial charge is 0.223 e. The molecule has 1 N–H and O–H groups in total. The summed E-state index contributed by atoms with van der Waals surface area (Å²) < 4.78 is 0. The van der Waals surface area contributed by atoms with Gasteiger partial charge in [-0.2, -0.15) is 0 Å². The second kappa shape index (κ2) is 8.37. The van der Waals surface area contributed by atoms with Crippen LogP contribution in [-0.4, -0.2) is 59.9 Å². The van der Waals surface area contributed by atoms with E-state index in [0.29, 0.717) is 31.7 Å². The third-order valence-electron chi connectivity index (χ3n) is 4.31. The van der Waals surface area contributed by atoms with Crippen molar-refractivity contribution >= 4 is 11.8 Å². The van der Waals surface area contributed by atoms with Crippen molar-refractivity contribution in [2.45, 2.75) is 59.5 Å². The number of carbonyl (C=O) groups is 2. The maximum Gasteiger partial charge on any atom is 0.223 e. The number of nitrogens with zero attached hydrogens (tertiary/aromatic N) is 2. The summed E-state index contributed by atoms with van der Waals surface area (Å²) in [6.07, 6.45) is 1.56. The van der Waals surface area contributed by atoms with Gasteiger partial charge >= 0.3 is 0 Å². The Morgan fingerprint density at radius 2 is 1.67 bits per heavy atom. The lowest BCUT2D eigenvalue weighted by molar-refractivity contribution is -0.133. The largest absolute Gasteiger partial charge is 0.355 e. The van der Waals surface area contributed by atoms with Gasteiger partial charge in [0.15, 0.2) is 0 Å². The highest BCUT2D eigenvalue weighted by Gasteiger charge is 2.25. The molecule has 0 radical (unpaired) electrons. The summed E-state index contributed by atoms with van der Waals surface area (Å²) in [6, 6.07) is 0.974. The molecule has 1 aliphatic heterocycles. The van der Waals surface area contributed by atoms with Gasteiger partial charge in [0.05, 0.1) is 0 Å². The van der Waals surface area contributed by atoms with Crippen LogP contribution >= 0.6 is 0 Å². The van der Waals surface area contributed by atoms with Gasteiger partial charge in [-0.05, 0) is 40.5 Å². The van der Waals surface area contributed by atoms with E-state index >= 15 is 0 Å². The van der Waals surface area contributed by atoms with E-state index in [-0.39, 0.29) is 17.7 Å². The average molecular weight is 297 g/mol. The second-order valence-corrected chi connectivity index (χ2v) is 6.50. The van der Waals surface area contributed by atoms with E-state index in [2.05, 4.69) is 37.9 Å². The zero-order chi connectivity index (χ0) is 16.0. The van der Waals surface area contributed by atoms with Gasteiger partial charge in [-0.25, -0.2) is 0 Å². The average Bonchev–Trinajstić information content (AvgIpc) is 2.42. The Bertz CT molecular complexity index is 339.